The molecule has 0 heterocycles. The second-order valence-electron chi connectivity index (χ2n) is 2.47. The second kappa shape index (κ2) is 4.61. The Labute approximate surface area is 94.1 Å². The van der Waals surface area contributed by atoms with Gasteiger partial charge in [0, 0.05) is 16.1 Å². The fourth-order valence-electron chi connectivity index (χ4n) is 1.09. The minimum atomic E-state index is -0.499. The van der Waals surface area contributed by atoms with Gasteiger partial charge in [0.15, 0.2) is 0 Å². The molecule has 0 radical (unpaired) electrons. The molecule has 0 atom stereocenters. The Morgan fingerprint density at radius 3 is 2.71 bits per heavy atom. The highest BCUT2D eigenvalue weighted by atomic mass is 79.9. The van der Waals surface area contributed by atoms with Crippen molar-refractivity contribution in [3.63, 3.8) is 0 Å². The van der Waals surface area contributed by atoms with Crippen LogP contribution < -0.4 is 4.74 Å². The molecule has 0 bridgehead atoms. The molecule has 1 rings (SSSR count). The van der Waals surface area contributed by atoms with Crippen molar-refractivity contribution in [2.75, 3.05) is 7.11 Å². The third kappa shape index (κ3) is 1.99. The molecule has 1 aromatic rings. The number of nitro groups is 1. The van der Waals surface area contributed by atoms with Gasteiger partial charge in [-0.15, -0.1) is 11.6 Å². The summed E-state index contributed by atoms with van der Waals surface area (Å²) in [7, 11) is 1.38. The summed E-state index contributed by atoms with van der Waals surface area (Å²) in [4.78, 5) is 10.1. The van der Waals surface area contributed by atoms with Crippen LogP contribution in [0.4, 0.5) is 5.69 Å². The van der Waals surface area contributed by atoms with Crippen LogP contribution in [0, 0.1) is 10.1 Å². The lowest BCUT2D eigenvalue weighted by atomic mass is 10.2. The quantitative estimate of drug-likeness (QED) is 0.485. The number of benzene rings is 1. The largest absolute Gasteiger partial charge is 0.490 e. The molecule has 0 fully saturated rings. The number of nitro benzene ring substituents is 1. The van der Waals surface area contributed by atoms with Gasteiger partial charge in [-0.2, -0.15) is 0 Å². The summed E-state index contributed by atoms with van der Waals surface area (Å²) in [5, 5.41) is 10.6. The first-order valence-electron chi connectivity index (χ1n) is 3.67. The molecule has 0 saturated heterocycles. The van der Waals surface area contributed by atoms with E-state index in [1.165, 1.54) is 13.2 Å². The van der Waals surface area contributed by atoms with E-state index in [-0.39, 0.29) is 17.3 Å². The van der Waals surface area contributed by atoms with Crippen molar-refractivity contribution in [3.05, 3.63) is 32.3 Å². The molecule has 0 aliphatic rings. The summed E-state index contributed by atoms with van der Waals surface area (Å²) in [5.41, 5.74) is 0.509. The van der Waals surface area contributed by atoms with E-state index >= 15 is 0 Å². The number of hydrogen-bond acceptors (Lipinski definition) is 3. The average Bonchev–Trinajstić information content (AvgIpc) is 2.16. The van der Waals surface area contributed by atoms with E-state index in [9.17, 15) is 10.1 Å². The van der Waals surface area contributed by atoms with Gasteiger partial charge in [0.1, 0.15) is 0 Å². The molecule has 0 N–H and O–H groups in total. The molecule has 4 nitrogen and oxygen atoms in total. The molecule has 0 aliphatic heterocycles. The van der Waals surface area contributed by atoms with E-state index in [4.69, 9.17) is 16.3 Å². The van der Waals surface area contributed by atoms with Crippen LogP contribution >= 0.6 is 27.5 Å². The molecule has 6 heteroatoms. The van der Waals surface area contributed by atoms with Crippen molar-refractivity contribution in [2.24, 2.45) is 0 Å². The summed E-state index contributed by atoms with van der Waals surface area (Å²) >= 11 is 8.90. The van der Waals surface area contributed by atoms with Crippen molar-refractivity contribution in [1.82, 2.24) is 0 Å². The summed E-state index contributed by atoms with van der Waals surface area (Å²) in [6.45, 7) is 0. The smallest absolute Gasteiger partial charge is 0.311 e. The zero-order chi connectivity index (χ0) is 10.7. The van der Waals surface area contributed by atoms with E-state index in [0.29, 0.717) is 10.0 Å². The maximum Gasteiger partial charge on any atom is 0.311 e. The summed E-state index contributed by atoms with van der Waals surface area (Å²) in [6.07, 6.45) is 0. The molecule has 0 amide bonds. The normalized spacial score (nSPS) is 9.93. The van der Waals surface area contributed by atoms with Crippen molar-refractivity contribution >= 4 is 33.2 Å². The molecule has 0 unspecified atom stereocenters. The molecule has 76 valence electrons. The Morgan fingerprint density at radius 1 is 1.64 bits per heavy atom. The maximum absolute atomic E-state index is 10.6. The average molecular weight is 281 g/mol. The number of halogens is 2. The summed E-state index contributed by atoms with van der Waals surface area (Å²) in [5.74, 6) is 0.366. The van der Waals surface area contributed by atoms with Gasteiger partial charge in [-0.1, -0.05) is 15.9 Å². The highest BCUT2D eigenvalue weighted by molar-refractivity contribution is 9.10. The van der Waals surface area contributed by atoms with Gasteiger partial charge in [0.2, 0.25) is 5.75 Å². The molecule has 14 heavy (non-hydrogen) atoms. The van der Waals surface area contributed by atoms with Crippen LogP contribution in [0.15, 0.2) is 16.6 Å². The lowest BCUT2D eigenvalue weighted by molar-refractivity contribution is -0.385. The molecule has 0 saturated carbocycles. The number of methoxy groups -OCH3 is 1. The Balaban J connectivity index is 3.40. The first kappa shape index (κ1) is 11.3. The van der Waals surface area contributed by atoms with Gasteiger partial charge >= 0.3 is 5.69 Å². The number of rotatable bonds is 3. The van der Waals surface area contributed by atoms with Crippen molar-refractivity contribution in [3.8, 4) is 5.75 Å². The zero-order valence-electron chi connectivity index (χ0n) is 7.29. The number of hydrogen-bond donors (Lipinski definition) is 0. The van der Waals surface area contributed by atoms with Gasteiger partial charge in [-0.25, -0.2) is 0 Å². The highest BCUT2D eigenvalue weighted by Gasteiger charge is 2.19. The number of alkyl halides is 1. The topological polar surface area (TPSA) is 52.4 Å². The van der Waals surface area contributed by atoms with Gasteiger partial charge < -0.3 is 4.74 Å². The first-order chi connectivity index (χ1) is 6.61. The van der Waals surface area contributed by atoms with Gasteiger partial charge in [0.05, 0.1) is 17.9 Å². The van der Waals surface area contributed by atoms with E-state index in [2.05, 4.69) is 15.9 Å². The van der Waals surface area contributed by atoms with E-state index in [1.54, 1.807) is 6.07 Å². The Bertz CT molecular complexity index is 370. The predicted molar refractivity (Wildman–Crippen MR) is 56.9 cm³/mol. The van der Waals surface area contributed by atoms with E-state index in [1.807, 2.05) is 0 Å². The lowest BCUT2D eigenvalue weighted by Gasteiger charge is -2.07. The standard InChI is InChI=1S/C8H7BrClNO3/c1-14-8-5(4-10)6(9)2-3-7(8)11(12)13/h2-3H,4H2,1H3. The van der Waals surface area contributed by atoms with Gasteiger partial charge in [-0.05, 0) is 6.07 Å². The molecular weight excluding hydrogens is 273 g/mol. The molecular formula is C8H7BrClNO3. The monoisotopic (exact) mass is 279 g/mol. The van der Waals surface area contributed by atoms with Crippen molar-refractivity contribution in [1.29, 1.82) is 0 Å². The minimum Gasteiger partial charge on any atom is -0.490 e. The Morgan fingerprint density at radius 2 is 2.29 bits per heavy atom. The Hall–Kier alpha value is -0.810. The Kier molecular flexibility index (Phi) is 3.71. The predicted octanol–water partition coefficient (Wildman–Crippen LogP) is 3.10. The highest BCUT2D eigenvalue weighted by Crippen LogP contribution is 2.36. The molecule has 1 aromatic carbocycles. The van der Waals surface area contributed by atoms with Crippen LogP contribution in [0.3, 0.4) is 0 Å². The van der Waals surface area contributed by atoms with E-state index < -0.39 is 4.92 Å². The van der Waals surface area contributed by atoms with E-state index in [0.717, 1.165) is 0 Å². The molecule has 0 spiro atoms. The molecule has 0 aliphatic carbocycles. The summed E-state index contributed by atoms with van der Waals surface area (Å²) in [6, 6.07) is 2.96. The number of ether oxygens (including phenoxy) is 1. The van der Waals surface area contributed by atoms with Crippen molar-refractivity contribution < 1.29 is 9.66 Å². The van der Waals surface area contributed by atoms with Crippen LogP contribution in [0.5, 0.6) is 5.75 Å². The lowest BCUT2D eigenvalue weighted by Crippen LogP contribution is -1.97. The number of nitrogens with zero attached hydrogens (tertiary/aromatic N) is 1. The fourth-order valence-corrected chi connectivity index (χ4v) is 1.97. The van der Waals surface area contributed by atoms with Crippen molar-refractivity contribution in [2.45, 2.75) is 5.88 Å². The van der Waals surface area contributed by atoms with Crippen LogP contribution in [0.25, 0.3) is 0 Å². The fraction of sp³-hybridized carbons (Fsp3) is 0.250. The van der Waals surface area contributed by atoms with Gasteiger partial charge in [0.25, 0.3) is 0 Å². The first-order valence-corrected chi connectivity index (χ1v) is 5.00. The third-order valence-electron chi connectivity index (χ3n) is 1.72. The second-order valence-corrected chi connectivity index (χ2v) is 3.59. The SMILES string of the molecule is COc1c([N+](=O)[O-])ccc(Br)c1CCl. The molecule has 0 aromatic heterocycles. The van der Waals surface area contributed by atoms with Crippen LogP contribution in [0.2, 0.25) is 0 Å². The van der Waals surface area contributed by atoms with Gasteiger partial charge in [-0.3, -0.25) is 10.1 Å². The third-order valence-corrected chi connectivity index (χ3v) is 2.73. The zero-order valence-corrected chi connectivity index (χ0v) is 9.63. The van der Waals surface area contributed by atoms with Crippen LogP contribution in [0.1, 0.15) is 5.56 Å². The maximum atomic E-state index is 10.6. The summed E-state index contributed by atoms with van der Waals surface area (Å²) < 4.78 is 5.66. The van der Waals surface area contributed by atoms with Crippen LogP contribution in [-0.2, 0) is 5.88 Å². The van der Waals surface area contributed by atoms with Crippen LogP contribution in [-0.4, -0.2) is 12.0 Å². The minimum absolute atomic E-state index is 0.0775.